The summed E-state index contributed by atoms with van der Waals surface area (Å²) >= 11 is 3.65. The van der Waals surface area contributed by atoms with Gasteiger partial charge in [-0.25, -0.2) is 0 Å². The lowest BCUT2D eigenvalue weighted by atomic mass is 9.74. The summed E-state index contributed by atoms with van der Waals surface area (Å²) in [5.74, 6) is -4.11. The molecule has 6 rings (SSSR count). The highest BCUT2D eigenvalue weighted by Crippen LogP contribution is 2.60. The first kappa shape index (κ1) is 39.8. The molecule has 54 heavy (non-hydrogen) atoms. The lowest BCUT2D eigenvalue weighted by Crippen LogP contribution is -2.61. The fraction of sp³-hybridized carbons (Fsp3) is 0.524. The number of aliphatic hydroxyl groups is 1. The molecule has 3 amide bonds. The van der Waals surface area contributed by atoms with E-state index in [0.717, 1.165) is 0 Å². The van der Waals surface area contributed by atoms with E-state index in [1.165, 1.54) is 12.0 Å². The number of esters is 1. The molecule has 2 saturated heterocycles. The lowest BCUT2D eigenvalue weighted by molar-refractivity contribution is -0.163. The largest absolute Gasteiger partial charge is 0.455 e. The third-order valence-electron chi connectivity index (χ3n) is 10.9. The minimum absolute atomic E-state index is 0.0480. The number of cyclic esters (lactones) is 1. The molecule has 2 N–H and O–H groups in total. The number of fused-ring (bicyclic) bond motifs is 2. The zero-order valence-electron chi connectivity index (χ0n) is 31.9. The summed E-state index contributed by atoms with van der Waals surface area (Å²) in [7, 11) is 1.51. The molecule has 4 aliphatic heterocycles. The molecule has 1 spiro atoms. The first-order valence-corrected chi connectivity index (χ1v) is 19.5. The predicted octanol–water partition coefficient (Wildman–Crippen LogP) is 5.40. The molecule has 2 aromatic carbocycles. The Morgan fingerprint density at radius 3 is 2.26 bits per heavy atom. The molecule has 2 aromatic rings. The van der Waals surface area contributed by atoms with Gasteiger partial charge in [0, 0.05) is 30.1 Å². The number of allylic oxidation sites excluding steroid dienone is 1. The quantitative estimate of drug-likeness (QED) is 0.268. The molecule has 290 valence electrons. The van der Waals surface area contributed by atoms with Crippen LogP contribution in [0.3, 0.4) is 0 Å². The Bertz CT molecular complexity index is 1780. The zero-order valence-corrected chi connectivity index (χ0v) is 33.5. The van der Waals surface area contributed by atoms with Crippen LogP contribution in [0.4, 0.5) is 0 Å². The first-order chi connectivity index (χ1) is 25.6. The van der Waals surface area contributed by atoms with Crippen LogP contribution < -0.4 is 5.32 Å². The smallest absolute Gasteiger partial charge is 0.313 e. The van der Waals surface area contributed by atoms with Gasteiger partial charge in [0.05, 0.1) is 31.2 Å². The summed E-state index contributed by atoms with van der Waals surface area (Å²) in [6, 6.07) is 15.3. The van der Waals surface area contributed by atoms with Gasteiger partial charge in [-0.1, -0.05) is 110 Å². The number of nitrogens with zero attached hydrogens (tertiary/aromatic N) is 2. The molecule has 2 fully saturated rings. The number of amides is 3. The van der Waals surface area contributed by atoms with E-state index in [1.807, 2.05) is 86.7 Å². The van der Waals surface area contributed by atoms with Crippen molar-refractivity contribution in [1.29, 1.82) is 0 Å². The van der Waals surface area contributed by atoms with E-state index in [9.17, 15) is 14.7 Å². The van der Waals surface area contributed by atoms with Crippen molar-refractivity contribution in [3.63, 3.8) is 0 Å². The SMILES string of the molecule is COC[C@@H]1NC(=O)CC/C=C\CN(C(C)(C)CC(C)(C)C)C(=O)[C@H]2N([C@H](CO)c3ccccc3)C(=O)[C@@H]3[C@@H](C(=O)O[C@H]1c1ccccc1)[C@@H]1O[C@@]32C=C1Br. The highest BCUT2D eigenvalue weighted by atomic mass is 79.9. The summed E-state index contributed by atoms with van der Waals surface area (Å²) in [4.78, 5) is 62.1. The van der Waals surface area contributed by atoms with E-state index in [-0.39, 0.29) is 36.8 Å². The maximum absolute atomic E-state index is 15.6. The lowest BCUT2D eigenvalue weighted by Gasteiger charge is -2.46. The standard InChI is InChI=1S/C42H52BrN3O8/c1-40(2,3)25-41(4,5)45-21-15-9-14-20-31(48)44-29(24-52-6)34(27-18-12-8-13-19-27)53-39(51)32-33-37(49)46(30(23-47)26-16-10-7-11-17-26)36(38(45)50)42(33)22-28(43)35(32)54-42/h7-13,15-19,22,29-30,32-36,47H,14,20-21,23-25H2,1-6H3,(H,44,48)/b15-9-/t29-,30+,32+,33-,34-,35+,36+,42-/m0/s1. The van der Waals surface area contributed by atoms with Gasteiger partial charge in [-0.2, -0.15) is 0 Å². The molecule has 4 aliphatic rings. The van der Waals surface area contributed by atoms with Crippen molar-refractivity contribution in [2.45, 2.75) is 95.4 Å². The van der Waals surface area contributed by atoms with Crippen molar-refractivity contribution in [1.82, 2.24) is 15.1 Å². The van der Waals surface area contributed by atoms with Gasteiger partial charge in [0.25, 0.3) is 0 Å². The maximum Gasteiger partial charge on any atom is 0.313 e. The monoisotopic (exact) mass is 805 g/mol. The number of rotatable bonds is 8. The topological polar surface area (TPSA) is 135 Å². The van der Waals surface area contributed by atoms with Gasteiger partial charge in [0.2, 0.25) is 17.7 Å². The number of ether oxygens (including phenoxy) is 3. The van der Waals surface area contributed by atoms with Gasteiger partial charge in [-0.15, -0.1) is 0 Å². The Morgan fingerprint density at radius 2 is 1.63 bits per heavy atom. The van der Waals surface area contributed by atoms with E-state index < -0.39 is 71.8 Å². The number of benzene rings is 2. The minimum Gasteiger partial charge on any atom is -0.455 e. The average molecular weight is 807 g/mol. The van der Waals surface area contributed by atoms with Gasteiger partial charge in [0.1, 0.15) is 29.8 Å². The van der Waals surface area contributed by atoms with Crippen LogP contribution >= 0.6 is 15.9 Å². The molecule has 8 atom stereocenters. The summed E-state index contributed by atoms with van der Waals surface area (Å²) in [6.07, 6.45) is 4.84. The Morgan fingerprint density at radius 1 is 0.963 bits per heavy atom. The van der Waals surface area contributed by atoms with Crippen molar-refractivity contribution >= 4 is 39.6 Å². The number of carbonyl (C=O) groups excluding carboxylic acids is 4. The molecule has 0 saturated carbocycles. The van der Waals surface area contributed by atoms with Crippen molar-refractivity contribution in [2.24, 2.45) is 17.3 Å². The fourth-order valence-electron chi connectivity index (χ4n) is 9.15. The van der Waals surface area contributed by atoms with Crippen molar-refractivity contribution < 1.29 is 38.5 Å². The second-order valence-corrected chi connectivity index (χ2v) is 17.5. The molecular weight excluding hydrogens is 754 g/mol. The summed E-state index contributed by atoms with van der Waals surface area (Å²) in [5.41, 5.74) is -1.16. The number of methoxy groups -OCH3 is 1. The fourth-order valence-corrected chi connectivity index (χ4v) is 9.89. The van der Waals surface area contributed by atoms with Crippen molar-refractivity contribution in [2.75, 3.05) is 26.9 Å². The second-order valence-electron chi connectivity index (χ2n) is 16.6. The van der Waals surface area contributed by atoms with E-state index in [2.05, 4.69) is 42.0 Å². The average Bonchev–Trinajstić information content (AvgIpc) is 3.71. The maximum atomic E-state index is 15.6. The molecule has 5 bridgehead atoms. The summed E-state index contributed by atoms with van der Waals surface area (Å²) in [6.45, 7) is 10.1. The van der Waals surface area contributed by atoms with Crippen LogP contribution in [0.1, 0.15) is 77.2 Å². The predicted molar refractivity (Wildman–Crippen MR) is 206 cm³/mol. The minimum atomic E-state index is -1.56. The highest BCUT2D eigenvalue weighted by molar-refractivity contribution is 9.11. The van der Waals surface area contributed by atoms with Crippen LogP contribution in [0, 0.1) is 17.3 Å². The van der Waals surface area contributed by atoms with Crippen LogP contribution in [0.25, 0.3) is 0 Å². The molecule has 11 nitrogen and oxygen atoms in total. The Kier molecular flexibility index (Phi) is 11.6. The van der Waals surface area contributed by atoms with Crippen LogP contribution in [0.5, 0.6) is 0 Å². The van der Waals surface area contributed by atoms with Gasteiger partial charge in [-0.05, 0) is 49.3 Å². The van der Waals surface area contributed by atoms with Gasteiger partial charge < -0.3 is 34.4 Å². The summed E-state index contributed by atoms with van der Waals surface area (Å²) < 4.78 is 19.2. The van der Waals surface area contributed by atoms with Gasteiger partial charge >= 0.3 is 5.97 Å². The number of carbonyl (C=O) groups is 4. The van der Waals surface area contributed by atoms with Crippen LogP contribution in [0.2, 0.25) is 0 Å². The number of halogens is 1. The van der Waals surface area contributed by atoms with Crippen molar-refractivity contribution in [3.05, 3.63) is 94.5 Å². The highest BCUT2D eigenvalue weighted by Gasteiger charge is 2.76. The van der Waals surface area contributed by atoms with Gasteiger partial charge in [-0.3, -0.25) is 19.2 Å². The number of hydrogen-bond donors (Lipinski definition) is 2. The molecule has 0 radical (unpaired) electrons. The van der Waals surface area contributed by atoms with Crippen LogP contribution in [-0.4, -0.2) is 94.8 Å². The van der Waals surface area contributed by atoms with Crippen LogP contribution in [0.15, 0.2) is 83.4 Å². The third-order valence-corrected chi connectivity index (χ3v) is 11.6. The third kappa shape index (κ3) is 7.54. The molecule has 0 unspecified atom stereocenters. The number of aliphatic hydroxyl groups excluding tert-OH is 1. The van der Waals surface area contributed by atoms with E-state index in [0.29, 0.717) is 28.5 Å². The van der Waals surface area contributed by atoms with Crippen LogP contribution in [-0.2, 0) is 33.4 Å². The first-order valence-electron chi connectivity index (χ1n) is 18.7. The van der Waals surface area contributed by atoms with Crippen molar-refractivity contribution in [3.8, 4) is 0 Å². The van der Waals surface area contributed by atoms with Gasteiger partial charge in [0.15, 0.2) is 0 Å². The Labute approximate surface area is 326 Å². The van der Waals surface area contributed by atoms with E-state index >= 15 is 9.59 Å². The van der Waals surface area contributed by atoms with E-state index in [1.54, 1.807) is 11.0 Å². The Hall–Kier alpha value is -3.84. The molecule has 0 aromatic heterocycles. The number of nitrogens with one attached hydrogen (secondary N) is 1. The number of hydrogen-bond acceptors (Lipinski definition) is 8. The Balaban J connectivity index is 1.53. The summed E-state index contributed by atoms with van der Waals surface area (Å²) in [5, 5.41) is 14.0. The van der Waals surface area contributed by atoms with E-state index in [4.69, 9.17) is 14.2 Å². The zero-order chi connectivity index (χ0) is 39.0. The number of likely N-dealkylation sites (tertiary alicyclic amines) is 1. The normalized spacial score (nSPS) is 30.5. The molecule has 12 heteroatoms. The molecular formula is C42H52BrN3O8. The molecule has 0 aliphatic carbocycles. The second kappa shape index (κ2) is 15.7. The molecule has 4 heterocycles.